The van der Waals surface area contributed by atoms with Crippen LogP contribution >= 0.6 is 0 Å². The molecule has 3 rings (SSSR count). The molecule has 23 heavy (non-hydrogen) atoms. The highest BCUT2D eigenvalue weighted by Gasteiger charge is 2.38. The van der Waals surface area contributed by atoms with E-state index in [9.17, 15) is 0 Å². The molecule has 0 saturated carbocycles. The lowest BCUT2D eigenvalue weighted by atomic mass is 9.76. The van der Waals surface area contributed by atoms with Crippen LogP contribution in [0.15, 0.2) is 72.3 Å². The zero-order valence-corrected chi connectivity index (χ0v) is 13.9. The average molecular weight is 306 g/mol. The van der Waals surface area contributed by atoms with E-state index in [0.717, 1.165) is 35.1 Å². The summed E-state index contributed by atoms with van der Waals surface area (Å²) in [6, 6.07) is 17.9. The Morgan fingerprint density at radius 3 is 2.30 bits per heavy atom. The SMILES string of the molecule is CCCc1ccc(C2=CC=C(C)CC2(F)c2ccccc2)cc1. The molecular formula is C22H23F. The summed E-state index contributed by atoms with van der Waals surface area (Å²) < 4.78 is 16.0. The summed E-state index contributed by atoms with van der Waals surface area (Å²) in [6.07, 6.45) is 6.59. The van der Waals surface area contributed by atoms with Gasteiger partial charge in [-0.1, -0.05) is 85.7 Å². The van der Waals surface area contributed by atoms with E-state index in [0.29, 0.717) is 6.42 Å². The minimum Gasteiger partial charge on any atom is -0.233 e. The Bertz CT molecular complexity index is 722. The molecule has 2 aromatic rings. The normalized spacial score (nSPS) is 20.8. The Hall–Kier alpha value is -2.15. The Labute approximate surface area is 138 Å². The van der Waals surface area contributed by atoms with Gasteiger partial charge in [0.05, 0.1) is 0 Å². The van der Waals surface area contributed by atoms with Gasteiger partial charge in [-0.3, -0.25) is 0 Å². The molecule has 0 radical (unpaired) electrons. The first-order valence-corrected chi connectivity index (χ1v) is 8.35. The predicted octanol–water partition coefficient (Wildman–Crippen LogP) is 6.24. The Morgan fingerprint density at radius 1 is 0.957 bits per heavy atom. The van der Waals surface area contributed by atoms with Crippen molar-refractivity contribution in [3.8, 4) is 0 Å². The highest BCUT2D eigenvalue weighted by molar-refractivity contribution is 5.77. The molecule has 0 N–H and O–H groups in total. The van der Waals surface area contributed by atoms with E-state index >= 15 is 4.39 Å². The maximum absolute atomic E-state index is 16.0. The van der Waals surface area contributed by atoms with Crippen LogP contribution in [0, 0.1) is 0 Å². The van der Waals surface area contributed by atoms with E-state index < -0.39 is 5.67 Å². The Kier molecular flexibility index (Phi) is 4.47. The van der Waals surface area contributed by atoms with Gasteiger partial charge in [0.1, 0.15) is 0 Å². The fourth-order valence-electron chi connectivity index (χ4n) is 3.32. The van der Waals surface area contributed by atoms with Crippen molar-refractivity contribution in [1.29, 1.82) is 0 Å². The van der Waals surface area contributed by atoms with E-state index in [4.69, 9.17) is 0 Å². The lowest BCUT2D eigenvalue weighted by molar-refractivity contribution is 0.244. The molecule has 0 aromatic heterocycles. The van der Waals surface area contributed by atoms with E-state index in [1.165, 1.54) is 5.56 Å². The zero-order chi connectivity index (χ0) is 16.3. The fourth-order valence-corrected chi connectivity index (χ4v) is 3.32. The van der Waals surface area contributed by atoms with Gasteiger partial charge in [-0.15, -0.1) is 0 Å². The smallest absolute Gasteiger partial charge is 0.165 e. The van der Waals surface area contributed by atoms with Gasteiger partial charge in [-0.05, 0) is 30.0 Å². The summed E-state index contributed by atoms with van der Waals surface area (Å²) in [5.41, 5.74) is 3.40. The molecule has 1 aliphatic carbocycles. The summed E-state index contributed by atoms with van der Waals surface area (Å²) in [7, 11) is 0. The van der Waals surface area contributed by atoms with E-state index in [1.807, 2.05) is 49.4 Å². The topological polar surface area (TPSA) is 0 Å². The maximum atomic E-state index is 16.0. The second-order valence-corrected chi connectivity index (χ2v) is 6.38. The largest absolute Gasteiger partial charge is 0.233 e. The van der Waals surface area contributed by atoms with Gasteiger partial charge >= 0.3 is 0 Å². The lowest BCUT2D eigenvalue weighted by Gasteiger charge is -2.32. The van der Waals surface area contributed by atoms with Crippen molar-refractivity contribution in [2.75, 3.05) is 0 Å². The molecule has 0 amide bonds. The second kappa shape index (κ2) is 6.54. The second-order valence-electron chi connectivity index (χ2n) is 6.38. The van der Waals surface area contributed by atoms with Crippen molar-refractivity contribution in [2.24, 2.45) is 0 Å². The van der Waals surface area contributed by atoms with Crippen LogP contribution in [-0.2, 0) is 12.1 Å². The molecule has 1 atom stereocenters. The van der Waals surface area contributed by atoms with Crippen molar-refractivity contribution in [3.05, 3.63) is 89.0 Å². The van der Waals surface area contributed by atoms with E-state index in [2.05, 4.69) is 31.2 Å². The number of allylic oxidation sites excluding steroid dienone is 4. The number of rotatable bonds is 4. The number of aryl methyl sites for hydroxylation is 1. The molecule has 0 fully saturated rings. The highest BCUT2D eigenvalue weighted by Crippen LogP contribution is 2.46. The van der Waals surface area contributed by atoms with Crippen molar-refractivity contribution in [1.82, 2.24) is 0 Å². The Balaban J connectivity index is 2.03. The van der Waals surface area contributed by atoms with Crippen LogP contribution in [0.25, 0.3) is 5.57 Å². The monoisotopic (exact) mass is 306 g/mol. The third-order valence-electron chi connectivity index (χ3n) is 4.52. The first-order valence-electron chi connectivity index (χ1n) is 8.35. The predicted molar refractivity (Wildman–Crippen MR) is 96.0 cm³/mol. The van der Waals surface area contributed by atoms with Crippen molar-refractivity contribution in [3.63, 3.8) is 0 Å². The number of hydrogen-bond acceptors (Lipinski definition) is 0. The summed E-state index contributed by atoms with van der Waals surface area (Å²) in [6.45, 7) is 4.17. The molecule has 0 saturated heterocycles. The van der Waals surface area contributed by atoms with Crippen LogP contribution in [-0.4, -0.2) is 0 Å². The van der Waals surface area contributed by atoms with Crippen molar-refractivity contribution in [2.45, 2.75) is 38.8 Å². The number of alkyl halides is 1. The van der Waals surface area contributed by atoms with E-state index in [-0.39, 0.29) is 0 Å². The summed E-state index contributed by atoms with van der Waals surface area (Å²) >= 11 is 0. The zero-order valence-electron chi connectivity index (χ0n) is 13.9. The molecule has 118 valence electrons. The van der Waals surface area contributed by atoms with Gasteiger partial charge in [-0.2, -0.15) is 0 Å². The minimum atomic E-state index is -1.45. The van der Waals surface area contributed by atoms with Gasteiger partial charge in [0.25, 0.3) is 0 Å². The first-order chi connectivity index (χ1) is 11.1. The molecule has 0 nitrogen and oxygen atoms in total. The molecule has 0 spiro atoms. The number of benzene rings is 2. The fraction of sp³-hybridized carbons (Fsp3) is 0.273. The average Bonchev–Trinajstić information content (AvgIpc) is 2.57. The van der Waals surface area contributed by atoms with Crippen molar-refractivity contribution < 1.29 is 4.39 Å². The molecule has 0 heterocycles. The van der Waals surface area contributed by atoms with Gasteiger partial charge in [-0.25, -0.2) is 4.39 Å². The standard InChI is InChI=1S/C22H23F/c1-3-7-18-11-13-19(14-12-18)21-15-10-17(2)16-22(21,23)20-8-5-4-6-9-20/h4-6,8-15H,3,7,16H2,1-2H3. The van der Waals surface area contributed by atoms with Crippen LogP contribution in [0.1, 0.15) is 43.4 Å². The van der Waals surface area contributed by atoms with Gasteiger partial charge in [0.15, 0.2) is 5.67 Å². The maximum Gasteiger partial charge on any atom is 0.165 e. The van der Waals surface area contributed by atoms with Crippen molar-refractivity contribution >= 4 is 5.57 Å². The van der Waals surface area contributed by atoms with Crippen LogP contribution in [0.4, 0.5) is 4.39 Å². The summed E-state index contributed by atoms with van der Waals surface area (Å²) in [5, 5.41) is 0. The number of hydrogen-bond donors (Lipinski definition) is 0. The lowest BCUT2D eigenvalue weighted by Crippen LogP contribution is -2.24. The van der Waals surface area contributed by atoms with Crippen LogP contribution in [0.2, 0.25) is 0 Å². The number of halogens is 1. The highest BCUT2D eigenvalue weighted by atomic mass is 19.1. The van der Waals surface area contributed by atoms with E-state index in [1.54, 1.807) is 0 Å². The quantitative estimate of drug-likeness (QED) is 0.627. The molecule has 1 aliphatic rings. The minimum absolute atomic E-state index is 0.416. The third-order valence-corrected chi connectivity index (χ3v) is 4.52. The van der Waals surface area contributed by atoms with Gasteiger partial charge in [0.2, 0.25) is 0 Å². The summed E-state index contributed by atoms with van der Waals surface area (Å²) in [5.74, 6) is 0. The van der Waals surface area contributed by atoms with Crippen LogP contribution < -0.4 is 0 Å². The Morgan fingerprint density at radius 2 is 1.65 bits per heavy atom. The van der Waals surface area contributed by atoms with Crippen LogP contribution in [0.3, 0.4) is 0 Å². The first kappa shape index (κ1) is 15.7. The molecule has 1 heteroatoms. The molecule has 0 bridgehead atoms. The molecule has 0 aliphatic heterocycles. The van der Waals surface area contributed by atoms with Crippen LogP contribution in [0.5, 0.6) is 0 Å². The third kappa shape index (κ3) is 3.14. The van der Waals surface area contributed by atoms with Gasteiger partial charge < -0.3 is 0 Å². The van der Waals surface area contributed by atoms with Gasteiger partial charge in [0, 0.05) is 12.0 Å². The molecule has 2 aromatic carbocycles. The molecule has 1 unspecified atom stereocenters. The molecular weight excluding hydrogens is 283 g/mol. The summed E-state index contributed by atoms with van der Waals surface area (Å²) in [4.78, 5) is 0.